The van der Waals surface area contributed by atoms with Crippen molar-refractivity contribution in [3.63, 3.8) is 0 Å². The molecule has 0 fully saturated rings. The van der Waals surface area contributed by atoms with Crippen molar-refractivity contribution >= 4 is 23.2 Å². The molecule has 1 aromatic heterocycles. The lowest BCUT2D eigenvalue weighted by atomic mass is 10.1. The second kappa shape index (κ2) is 7.45. The number of nitrogens with one attached hydrogen (secondary N) is 1. The highest BCUT2D eigenvalue weighted by atomic mass is 35.5. The standard InChI is InChI=1S/C16H18ClF3N4O/c1-10(23(2)8-11-7-21-24(3)9-11)15(25)22-14-5-4-12(17)6-13(14)16(18,19)20/h4-7,9-10H,8H2,1-3H3,(H,22,25). The molecule has 1 heterocycles. The Hall–Kier alpha value is -2.06. The molecule has 0 radical (unpaired) electrons. The van der Waals surface area contributed by atoms with Crippen LogP contribution in [-0.4, -0.2) is 33.7 Å². The zero-order valence-corrected chi connectivity index (χ0v) is 14.7. The molecule has 9 heteroatoms. The van der Waals surface area contributed by atoms with Crippen LogP contribution in [0, 0.1) is 0 Å². The summed E-state index contributed by atoms with van der Waals surface area (Å²) in [7, 11) is 3.49. The molecule has 2 rings (SSSR count). The largest absolute Gasteiger partial charge is 0.418 e. The SMILES string of the molecule is CC(C(=O)Nc1ccc(Cl)cc1C(F)(F)F)N(C)Cc1cnn(C)c1. The summed E-state index contributed by atoms with van der Waals surface area (Å²) >= 11 is 5.64. The number of hydrogen-bond donors (Lipinski definition) is 1. The predicted molar refractivity (Wildman–Crippen MR) is 89.2 cm³/mol. The van der Waals surface area contributed by atoms with Gasteiger partial charge in [-0.05, 0) is 32.2 Å². The van der Waals surface area contributed by atoms with Gasteiger partial charge in [-0.3, -0.25) is 14.4 Å². The Morgan fingerprint density at radius 3 is 2.68 bits per heavy atom. The number of likely N-dealkylation sites (N-methyl/N-ethyl adjacent to an activating group) is 1. The van der Waals surface area contributed by atoms with E-state index in [4.69, 9.17) is 11.6 Å². The molecule has 25 heavy (non-hydrogen) atoms. The van der Waals surface area contributed by atoms with Gasteiger partial charge in [-0.1, -0.05) is 11.6 Å². The third-order valence-corrected chi connectivity index (χ3v) is 4.01. The Morgan fingerprint density at radius 2 is 2.12 bits per heavy atom. The second-order valence-corrected chi connectivity index (χ2v) is 6.23. The summed E-state index contributed by atoms with van der Waals surface area (Å²) in [5.41, 5.74) is -0.397. The minimum atomic E-state index is -4.61. The van der Waals surface area contributed by atoms with Gasteiger partial charge in [0.1, 0.15) is 0 Å². The number of halogens is 4. The molecule has 2 aromatic rings. The topological polar surface area (TPSA) is 50.2 Å². The Balaban J connectivity index is 2.11. The molecule has 1 amide bonds. The van der Waals surface area contributed by atoms with E-state index in [1.807, 2.05) is 6.20 Å². The molecule has 0 aliphatic heterocycles. The van der Waals surface area contributed by atoms with E-state index in [2.05, 4.69) is 10.4 Å². The fourth-order valence-electron chi connectivity index (χ4n) is 2.28. The lowest BCUT2D eigenvalue weighted by molar-refractivity contribution is -0.137. The third-order valence-electron chi connectivity index (χ3n) is 3.78. The van der Waals surface area contributed by atoms with Gasteiger partial charge in [0.05, 0.1) is 23.5 Å². The van der Waals surface area contributed by atoms with Crippen molar-refractivity contribution in [1.29, 1.82) is 0 Å². The molecule has 0 aliphatic rings. The van der Waals surface area contributed by atoms with Gasteiger partial charge in [-0.25, -0.2) is 0 Å². The second-order valence-electron chi connectivity index (χ2n) is 5.79. The molecule has 0 spiro atoms. The summed E-state index contributed by atoms with van der Waals surface area (Å²) in [4.78, 5) is 14.1. The summed E-state index contributed by atoms with van der Waals surface area (Å²) in [5.74, 6) is -0.542. The van der Waals surface area contributed by atoms with E-state index < -0.39 is 23.7 Å². The lowest BCUT2D eigenvalue weighted by Gasteiger charge is -2.24. The van der Waals surface area contributed by atoms with Gasteiger partial charge in [0.15, 0.2) is 0 Å². The Bertz CT molecular complexity index is 760. The zero-order valence-electron chi connectivity index (χ0n) is 13.9. The van der Waals surface area contributed by atoms with Crippen LogP contribution >= 0.6 is 11.6 Å². The Morgan fingerprint density at radius 1 is 1.44 bits per heavy atom. The molecule has 136 valence electrons. The first-order chi connectivity index (χ1) is 11.6. The first kappa shape index (κ1) is 19.3. The third kappa shape index (κ3) is 4.96. The van der Waals surface area contributed by atoms with E-state index in [1.54, 1.807) is 36.8 Å². The quantitative estimate of drug-likeness (QED) is 0.870. The van der Waals surface area contributed by atoms with Crippen molar-refractivity contribution < 1.29 is 18.0 Å². The van der Waals surface area contributed by atoms with E-state index in [1.165, 1.54) is 6.07 Å². The van der Waals surface area contributed by atoms with Crippen molar-refractivity contribution in [3.05, 3.63) is 46.7 Å². The molecule has 1 unspecified atom stereocenters. The monoisotopic (exact) mass is 374 g/mol. The highest BCUT2D eigenvalue weighted by Gasteiger charge is 2.34. The summed E-state index contributed by atoms with van der Waals surface area (Å²) in [6.07, 6.45) is -1.14. The number of aromatic nitrogens is 2. The minimum absolute atomic E-state index is 0.0490. The van der Waals surface area contributed by atoms with Crippen LogP contribution in [0.4, 0.5) is 18.9 Å². The van der Waals surface area contributed by atoms with Crippen molar-refractivity contribution in [3.8, 4) is 0 Å². The summed E-state index contributed by atoms with van der Waals surface area (Å²) in [6, 6.07) is 2.60. The fraction of sp³-hybridized carbons (Fsp3) is 0.375. The van der Waals surface area contributed by atoms with Crippen LogP contribution in [0.25, 0.3) is 0 Å². The number of benzene rings is 1. The van der Waals surface area contributed by atoms with Crippen LogP contribution in [0.1, 0.15) is 18.1 Å². The maximum atomic E-state index is 13.1. The van der Waals surface area contributed by atoms with Gasteiger partial charge in [0.25, 0.3) is 0 Å². The number of anilines is 1. The Labute approximate surface area is 148 Å². The first-order valence-corrected chi connectivity index (χ1v) is 7.81. The van der Waals surface area contributed by atoms with Crippen LogP contribution in [0.2, 0.25) is 5.02 Å². The highest BCUT2D eigenvalue weighted by Crippen LogP contribution is 2.36. The van der Waals surface area contributed by atoms with Gasteiger partial charge in [0.2, 0.25) is 5.91 Å². The lowest BCUT2D eigenvalue weighted by Crippen LogP contribution is -2.39. The van der Waals surface area contributed by atoms with Gasteiger partial charge < -0.3 is 5.32 Å². The van der Waals surface area contributed by atoms with Crippen molar-refractivity contribution in [1.82, 2.24) is 14.7 Å². The van der Waals surface area contributed by atoms with Crippen molar-refractivity contribution in [2.24, 2.45) is 7.05 Å². The number of amides is 1. The molecular formula is C16H18ClF3N4O. The normalized spacial score (nSPS) is 13.1. The number of rotatable bonds is 5. The van der Waals surface area contributed by atoms with Crippen LogP contribution in [-0.2, 0) is 24.6 Å². The molecule has 1 N–H and O–H groups in total. The van der Waals surface area contributed by atoms with Crippen LogP contribution in [0.5, 0.6) is 0 Å². The van der Waals surface area contributed by atoms with E-state index in [-0.39, 0.29) is 10.7 Å². The summed E-state index contributed by atoms with van der Waals surface area (Å²) in [6.45, 7) is 2.06. The number of aryl methyl sites for hydroxylation is 1. The number of hydrogen-bond acceptors (Lipinski definition) is 3. The molecule has 1 atom stereocenters. The molecule has 0 bridgehead atoms. The van der Waals surface area contributed by atoms with Gasteiger partial charge >= 0.3 is 6.18 Å². The van der Waals surface area contributed by atoms with Gasteiger partial charge in [-0.15, -0.1) is 0 Å². The molecule has 1 aromatic carbocycles. The first-order valence-electron chi connectivity index (χ1n) is 7.43. The van der Waals surface area contributed by atoms with Crippen LogP contribution in [0.3, 0.4) is 0 Å². The summed E-state index contributed by atoms with van der Waals surface area (Å²) in [5, 5.41) is 6.33. The van der Waals surface area contributed by atoms with Gasteiger partial charge in [-0.2, -0.15) is 18.3 Å². The molecule has 0 saturated carbocycles. The van der Waals surface area contributed by atoms with Crippen LogP contribution < -0.4 is 5.32 Å². The predicted octanol–water partition coefficient (Wildman–Crippen LogP) is 3.55. The zero-order chi connectivity index (χ0) is 18.8. The van der Waals surface area contributed by atoms with E-state index >= 15 is 0 Å². The molecular weight excluding hydrogens is 357 g/mol. The molecule has 5 nitrogen and oxygen atoms in total. The van der Waals surface area contributed by atoms with Gasteiger partial charge in [0, 0.05) is 30.4 Å². The number of carbonyl (C=O) groups excluding carboxylic acids is 1. The van der Waals surface area contributed by atoms with E-state index in [0.717, 1.165) is 17.7 Å². The number of alkyl halides is 3. The minimum Gasteiger partial charge on any atom is -0.324 e. The number of carbonyl (C=O) groups is 1. The van der Waals surface area contributed by atoms with Crippen molar-refractivity contribution in [2.45, 2.75) is 25.7 Å². The Kier molecular flexibility index (Phi) is 5.74. The van der Waals surface area contributed by atoms with E-state index in [9.17, 15) is 18.0 Å². The maximum Gasteiger partial charge on any atom is 0.418 e. The molecule has 0 aliphatic carbocycles. The van der Waals surface area contributed by atoms with Crippen molar-refractivity contribution in [2.75, 3.05) is 12.4 Å². The number of nitrogens with zero attached hydrogens (tertiary/aromatic N) is 3. The maximum absolute atomic E-state index is 13.1. The summed E-state index contributed by atoms with van der Waals surface area (Å²) < 4.78 is 40.9. The fourth-order valence-corrected chi connectivity index (χ4v) is 2.45. The molecule has 0 saturated heterocycles. The highest BCUT2D eigenvalue weighted by molar-refractivity contribution is 6.30. The smallest absolute Gasteiger partial charge is 0.324 e. The van der Waals surface area contributed by atoms with Crippen LogP contribution in [0.15, 0.2) is 30.6 Å². The average molecular weight is 375 g/mol. The van der Waals surface area contributed by atoms with E-state index in [0.29, 0.717) is 6.54 Å². The average Bonchev–Trinajstić information content (AvgIpc) is 2.92.